The highest BCUT2D eigenvalue weighted by atomic mass is 19.1. The lowest BCUT2D eigenvalue weighted by atomic mass is 10.2. The van der Waals surface area contributed by atoms with Crippen molar-refractivity contribution in [3.05, 3.63) is 35.9 Å². The van der Waals surface area contributed by atoms with Crippen molar-refractivity contribution in [2.45, 2.75) is 12.8 Å². The molecule has 0 aliphatic carbocycles. The van der Waals surface area contributed by atoms with Gasteiger partial charge in [-0.25, -0.2) is 4.39 Å². The molecular weight excluding hydrogens is 199 g/mol. The SMILES string of the molecule is OCC(F)COCOCc1ccccc1. The standard InChI is InChI=1S/C11H15FO3/c12-11(6-13)8-15-9-14-7-10-4-2-1-3-5-10/h1-5,11,13H,6-9H2. The molecule has 0 bridgehead atoms. The molecular formula is C11H15FO3. The number of halogens is 1. The van der Waals surface area contributed by atoms with Crippen LogP contribution in [-0.4, -0.2) is 31.3 Å². The smallest absolute Gasteiger partial charge is 0.147 e. The second-order valence-electron chi connectivity index (χ2n) is 3.10. The van der Waals surface area contributed by atoms with Gasteiger partial charge < -0.3 is 14.6 Å². The van der Waals surface area contributed by atoms with Crippen LogP contribution in [0.25, 0.3) is 0 Å². The van der Waals surface area contributed by atoms with Crippen molar-refractivity contribution in [3.8, 4) is 0 Å². The van der Waals surface area contributed by atoms with Crippen LogP contribution in [0.15, 0.2) is 30.3 Å². The third kappa shape index (κ3) is 5.47. The monoisotopic (exact) mass is 214 g/mol. The summed E-state index contributed by atoms with van der Waals surface area (Å²) in [5, 5.41) is 8.37. The molecule has 15 heavy (non-hydrogen) atoms. The highest BCUT2D eigenvalue weighted by Crippen LogP contribution is 2.00. The van der Waals surface area contributed by atoms with Crippen LogP contribution < -0.4 is 0 Å². The van der Waals surface area contributed by atoms with Gasteiger partial charge in [0.25, 0.3) is 0 Å². The second kappa shape index (κ2) is 7.34. The summed E-state index contributed by atoms with van der Waals surface area (Å²) in [7, 11) is 0. The summed E-state index contributed by atoms with van der Waals surface area (Å²) in [6.07, 6.45) is -1.33. The molecule has 4 heteroatoms. The van der Waals surface area contributed by atoms with Gasteiger partial charge in [-0.2, -0.15) is 0 Å². The zero-order chi connectivity index (χ0) is 10.9. The largest absolute Gasteiger partial charge is 0.393 e. The van der Waals surface area contributed by atoms with Crippen molar-refractivity contribution in [1.29, 1.82) is 0 Å². The molecule has 1 rings (SSSR count). The summed E-state index contributed by atoms with van der Waals surface area (Å²) >= 11 is 0. The van der Waals surface area contributed by atoms with Crippen LogP contribution in [0.1, 0.15) is 5.56 Å². The molecule has 0 saturated heterocycles. The first-order valence-electron chi connectivity index (χ1n) is 4.77. The maximum absolute atomic E-state index is 12.5. The molecule has 0 fully saturated rings. The highest BCUT2D eigenvalue weighted by Gasteiger charge is 2.03. The summed E-state index contributed by atoms with van der Waals surface area (Å²) in [5.41, 5.74) is 1.04. The number of ether oxygens (including phenoxy) is 2. The Labute approximate surface area is 88.4 Å². The molecule has 84 valence electrons. The van der Waals surface area contributed by atoms with Gasteiger partial charge in [0.1, 0.15) is 13.0 Å². The first-order chi connectivity index (χ1) is 7.33. The molecule has 0 spiro atoms. The zero-order valence-corrected chi connectivity index (χ0v) is 8.43. The molecule has 0 saturated carbocycles. The van der Waals surface area contributed by atoms with Crippen molar-refractivity contribution < 1.29 is 19.0 Å². The minimum atomic E-state index is -1.33. The average molecular weight is 214 g/mol. The Balaban J connectivity index is 2.03. The van der Waals surface area contributed by atoms with E-state index >= 15 is 0 Å². The summed E-state index contributed by atoms with van der Waals surface area (Å²) in [6.45, 7) is -0.170. The molecule has 0 aliphatic rings. The third-order valence-electron chi connectivity index (χ3n) is 1.78. The van der Waals surface area contributed by atoms with Crippen LogP contribution in [0.3, 0.4) is 0 Å². The number of rotatable bonds is 7. The van der Waals surface area contributed by atoms with E-state index in [0.29, 0.717) is 6.61 Å². The van der Waals surface area contributed by atoms with E-state index in [1.165, 1.54) is 0 Å². The van der Waals surface area contributed by atoms with E-state index in [2.05, 4.69) is 0 Å². The van der Waals surface area contributed by atoms with Gasteiger partial charge in [-0.3, -0.25) is 0 Å². The van der Waals surface area contributed by atoms with Crippen molar-refractivity contribution in [2.75, 3.05) is 20.0 Å². The number of hydrogen-bond donors (Lipinski definition) is 1. The number of alkyl halides is 1. The minimum Gasteiger partial charge on any atom is -0.393 e. The molecule has 1 atom stereocenters. The van der Waals surface area contributed by atoms with Crippen LogP contribution in [0, 0.1) is 0 Å². The molecule has 1 aromatic rings. The number of hydrogen-bond acceptors (Lipinski definition) is 3. The van der Waals surface area contributed by atoms with Gasteiger partial charge in [-0.05, 0) is 5.56 Å². The third-order valence-corrected chi connectivity index (χ3v) is 1.78. The Morgan fingerprint density at radius 1 is 1.20 bits per heavy atom. The molecule has 1 unspecified atom stereocenters. The lowest BCUT2D eigenvalue weighted by Gasteiger charge is -2.07. The van der Waals surface area contributed by atoms with E-state index in [9.17, 15) is 4.39 Å². The van der Waals surface area contributed by atoms with E-state index in [-0.39, 0.29) is 13.4 Å². The van der Waals surface area contributed by atoms with E-state index < -0.39 is 12.8 Å². The Morgan fingerprint density at radius 3 is 2.60 bits per heavy atom. The van der Waals surface area contributed by atoms with Crippen LogP contribution in [0.2, 0.25) is 0 Å². The first-order valence-corrected chi connectivity index (χ1v) is 4.77. The van der Waals surface area contributed by atoms with Crippen molar-refractivity contribution in [2.24, 2.45) is 0 Å². The summed E-state index contributed by atoms with van der Waals surface area (Å²) < 4.78 is 22.4. The molecule has 3 nitrogen and oxygen atoms in total. The van der Waals surface area contributed by atoms with Crippen LogP contribution in [0.5, 0.6) is 0 Å². The maximum atomic E-state index is 12.5. The molecule has 0 amide bonds. The molecule has 1 N–H and O–H groups in total. The maximum Gasteiger partial charge on any atom is 0.147 e. The van der Waals surface area contributed by atoms with Gasteiger partial charge in [0, 0.05) is 0 Å². The second-order valence-corrected chi connectivity index (χ2v) is 3.10. The fraction of sp³-hybridized carbons (Fsp3) is 0.455. The Morgan fingerprint density at radius 2 is 1.93 bits per heavy atom. The first kappa shape index (κ1) is 12.1. The molecule has 0 aliphatic heterocycles. The number of aliphatic hydroxyl groups is 1. The van der Waals surface area contributed by atoms with Crippen LogP contribution in [0.4, 0.5) is 4.39 Å². The van der Waals surface area contributed by atoms with Crippen molar-refractivity contribution in [3.63, 3.8) is 0 Å². The predicted molar refractivity (Wildman–Crippen MR) is 54.0 cm³/mol. The van der Waals surface area contributed by atoms with E-state index in [1.54, 1.807) is 0 Å². The van der Waals surface area contributed by atoms with Gasteiger partial charge in [0.2, 0.25) is 0 Å². The Hall–Kier alpha value is -0.970. The topological polar surface area (TPSA) is 38.7 Å². The fourth-order valence-electron chi connectivity index (χ4n) is 1.02. The van der Waals surface area contributed by atoms with Gasteiger partial charge >= 0.3 is 0 Å². The van der Waals surface area contributed by atoms with Gasteiger partial charge in [0.05, 0.1) is 19.8 Å². The summed E-state index contributed by atoms with van der Waals surface area (Å²) in [5.74, 6) is 0. The average Bonchev–Trinajstić information content (AvgIpc) is 2.29. The van der Waals surface area contributed by atoms with Crippen molar-refractivity contribution >= 4 is 0 Å². The molecule has 1 aromatic carbocycles. The zero-order valence-electron chi connectivity index (χ0n) is 8.43. The summed E-state index contributed by atoms with van der Waals surface area (Å²) in [4.78, 5) is 0. The Bertz CT molecular complexity index is 253. The molecule has 0 heterocycles. The normalized spacial score (nSPS) is 12.7. The fourth-order valence-corrected chi connectivity index (χ4v) is 1.02. The lowest BCUT2D eigenvalue weighted by molar-refractivity contribution is -0.0790. The minimum absolute atomic E-state index is 0.0370. The van der Waals surface area contributed by atoms with Crippen LogP contribution >= 0.6 is 0 Å². The van der Waals surface area contributed by atoms with Crippen LogP contribution in [-0.2, 0) is 16.1 Å². The number of benzene rings is 1. The van der Waals surface area contributed by atoms with Crippen molar-refractivity contribution in [1.82, 2.24) is 0 Å². The lowest BCUT2D eigenvalue weighted by Crippen LogP contribution is -2.15. The number of aliphatic hydroxyl groups excluding tert-OH is 1. The Kier molecular flexibility index (Phi) is 5.92. The van der Waals surface area contributed by atoms with E-state index in [1.807, 2.05) is 30.3 Å². The summed E-state index contributed by atoms with van der Waals surface area (Å²) in [6, 6.07) is 9.64. The van der Waals surface area contributed by atoms with Gasteiger partial charge in [-0.1, -0.05) is 30.3 Å². The van der Waals surface area contributed by atoms with E-state index in [0.717, 1.165) is 5.56 Å². The molecule has 0 aromatic heterocycles. The van der Waals surface area contributed by atoms with E-state index in [4.69, 9.17) is 14.6 Å². The van der Waals surface area contributed by atoms with Gasteiger partial charge in [-0.15, -0.1) is 0 Å². The quantitative estimate of drug-likeness (QED) is 0.552. The molecule has 0 radical (unpaired) electrons. The van der Waals surface area contributed by atoms with Gasteiger partial charge in [0.15, 0.2) is 0 Å². The predicted octanol–water partition coefficient (Wildman–Crippen LogP) is 1.51. The highest BCUT2D eigenvalue weighted by molar-refractivity contribution is 5.13.